The highest BCUT2D eigenvalue weighted by molar-refractivity contribution is 8.00. The van der Waals surface area contributed by atoms with Crippen LogP contribution in [0.25, 0.3) is 0 Å². The van der Waals surface area contributed by atoms with Gasteiger partial charge in [0.2, 0.25) is 5.91 Å². The van der Waals surface area contributed by atoms with E-state index in [1.54, 1.807) is 48.5 Å². The molecule has 0 unspecified atom stereocenters. The van der Waals surface area contributed by atoms with Crippen LogP contribution in [0, 0.1) is 0 Å². The van der Waals surface area contributed by atoms with Crippen LogP contribution in [0.15, 0.2) is 65.6 Å². The molecule has 2 N–H and O–H groups in total. The number of rotatable bonds is 7. The third-order valence-corrected chi connectivity index (χ3v) is 4.38. The summed E-state index contributed by atoms with van der Waals surface area (Å²) in [5.74, 6) is -1.54. The van der Waals surface area contributed by atoms with Gasteiger partial charge < -0.3 is 10.4 Å². The lowest BCUT2D eigenvalue weighted by atomic mass is 10.1. The van der Waals surface area contributed by atoms with Crippen molar-refractivity contribution in [2.24, 2.45) is 0 Å². The number of Topliss-reactive ketones (excluding diaryl/α,β-unsaturated/α-hetero) is 1. The number of hydrogen-bond acceptors (Lipinski definition) is 4. The molecule has 0 spiro atoms. The third kappa shape index (κ3) is 6.10. The molecule has 0 radical (unpaired) electrons. The second kappa shape index (κ2) is 9.05. The van der Waals surface area contributed by atoms with Crippen LogP contribution < -0.4 is 5.32 Å². The molecule has 25 heavy (non-hydrogen) atoms. The quantitative estimate of drug-likeness (QED) is 0.435. The van der Waals surface area contributed by atoms with Crippen molar-refractivity contribution >= 4 is 46.7 Å². The van der Waals surface area contributed by atoms with Crippen molar-refractivity contribution in [2.45, 2.75) is 4.90 Å². The van der Waals surface area contributed by atoms with Crippen LogP contribution in [0.5, 0.6) is 0 Å². The van der Waals surface area contributed by atoms with E-state index < -0.39 is 11.9 Å². The Morgan fingerprint density at radius 2 is 1.72 bits per heavy atom. The Balaban J connectivity index is 1.90. The summed E-state index contributed by atoms with van der Waals surface area (Å²) >= 11 is 7.36. The van der Waals surface area contributed by atoms with Gasteiger partial charge in [-0.05, 0) is 36.4 Å². The number of halogens is 1. The molecule has 0 aromatic heterocycles. The molecular formula is C18H14ClNO4S. The Labute approximate surface area is 153 Å². The van der Waals surface area contributed by atoms with Crippen molar-refractivity contribution in [1.29, 1.82) is 0 Å². The molecule has 0 saturated heterocycles. The Morgan fingerprint density at radius 1 is 1.04 bits per heavy atom. The monoisotopic (exact) mass is 375 g/mol. The minimum atomic E-state index is -1.19. The number of carboxylic acid groups (broad SMARTS) is 1. The maximum Gasteiger partial charge on any atom is 0.328 e. The van der Waals surface area contributed by atoms with E-state index in [1.165, 1.54) is 11.8 Å². The van der Waals surface area contributed by atoms with E-state index in [2.05, 4.69) is 5.32 Å². The van der Waals surface area contributed by atoms with Gasteiger partial charge in [0.15, 0.2) is 5.78 Å². The predicted octanol–water partition coefficient (Wildman–Crippen LogP) is 3.89. The molecular weight excluding hydrogens is 362 g/mol. The smallest absolute Gasteiger partial charge is 0.328 e. The van der Waals surface area contributed by atoms with Crippen molar-refractivity contribution in [2.75, 3.05) is 11.1 Å². The summed E-state index contributed by atoms with van der Waals surface area (Å²) in [5, 5.41) is 11.4. The molecule has 0 fully saturated rings. The molecule has 0 atom stereocenters. The number of amides is 1. The molecule has 2 rings (SSSR count). The minimum Gasteiger partial charge on any atom is -0.478 e. The first-order valence-corrected chi connectivity index (χ1v) is 8.54. The largest absolute Gasteiger partial charge is 0.478 e. The molecule has 128 valence electrons. The van der Waals surface area contributed by atoms with E-state index in [4.69, 9.17) is 16.7 Å². The maximum absolute atomic E-state index is 12.2. The minimum absolute atomic E-state index is 0.0632. The van der Waals surface area contributed by atoms with Gasteiger partial charge in [-0.25, -0.2) is 4.79 Å². The molecule has 0 heterocycles. The number of carboxylic acids is 1. The van der Waals surface area contributed by atoms with E-state index in [0.717, 1.165) is 17.0 Å². The van der Waals surface area contributed by atoms with Crippen LogP contribution in [0.4, 0.5) is 5.69 Å². The highest BCUT2D eigenvalue weighted by Gasteiger charge is 2.10. The first kappa shape index (κ1) is 18.8. The summed E-state index contributed by atoms with van der Waals surface area (Å²) in [7, 11) is 0. The van der Waals surface area contributed by atoms with E-state index >= 15 is 0 Å². The first-order chi connectivity index (χ1) is 12.0. The first-order valence-electron chi connectivity index (χ1n) is 7.18. The Kier molecular flexibility index (Phi) is 6.80. The molecule has 2 aromatic rings. The SMILES string of the molecule is O=C(O)/C=C/C(=O)Nc1ccc(SCC(=O)c2ccccc2Cl)cc1. The van der Waals surface area contributed by atoms with Gasteiger partial charge in [-0.2, -0.15) is 0 Å². The van der Waals surface area contributed by atoms with Crippen molar-refractivity contribution in [3.63, 3.8) is 0 Å². The number of benzene rings is 2. The summed E-state index contributed by atoms with van der Waals surface area (Å²) in [6.07, 6.45) is 1.70. The molecule has 5 nitrogen and oxygen atoms in total. The zero-order valence-electron chi connectivity index (χ0n) is 12.9. The van der Waals surface area contributed by atoms with Crippen molar-refractivity contribution in [1.82, 2.24) is 0 Å². The molecule has 0 aliphatic carbocycles. The number of anilines is 1. The van der Waals surface area contributed by atoms with Crippen LogP contribution in [-0.4, -0.2) is 28.5 Å². The fraction of sp³-hybridized carbons (Fsp3) is 0.0556. The van der Waals surface area contributed by atoms with E-state index in [-0.39, 0.29) is 11.5 Å². The molecule has 0 aliphatic heterocycles. The maximum atomic E-state index is 12.2. The van der Waals surface area contributed by atoms with Gasteiger partial charge in [-0.15, -0.1) is 11.8 Å². The van der Waals surface area contributed by atoms with Crippen molar-refractivity contribution in [3.05, 3.63) is 71.3 Å². The number of ketones is 1. The summed E-state index contributed by atoms with van der Waals surface area (Å²) in [5.41, 5.74) is 1.02. The van der Waals surface area contributed by atoms with Gasteiger partial charge in [0.05, 0.1) is 10.8 Å². The Bertz CT molecular complexity index is 818. The zero-order valence-corrected chi connectivity index (χ0v) is 14.5. The number of thioether (sulfide) groups is 1. The third-order valence-electron chi connectivity index (χ3n) is 3.04. The fourth-order valence-corrected chi connectivity index (χ4v) is 2.90. The predicted molar refractivity (Wildman–Crippen MR) is 98.4 cm³/mol. The molecule has 7 heteroatoms. The lowest BCUT2D eigenvalue weighted by molar-refractivity contribution is -0.131. The van der Waals surface area contributed by atoms with Gasteiger partial charge >= 0.3 is 5.97 Å². The average molecular weight is 376 g/mol. The highest BCUT2D eigenvalue weighted by atomic mass is 35.5. The molecule has 2 aromatic carbocycles. The lowest BCUT2D eigenvalue weighted by Crippen LogP contribution is -2.08. The normalized spacial score (nSPS) is 10.6. The van der Waals surface area contributed by atoms with Crippen LogP contribution >= 0.6 is 23.4 Å². The van der Waals surface area contributed by atoms with Gasteiger partial charge in [0.1, 0.15) is 0 Å². The number of aliphatic carboxylic acids is 1. The summed E-state index contributed by atoms with van der Waals surface area (Å²) in [6.45, 7) is 0. The van der Waals surface area contributed by atoms with E-state index in [9.17, 15) is 14.4 Å². The summed E-state index contributed by atoms with van der Waals surface area (Å²) in [4.78, 5) is 34.8. The zero-order chi connectivity index (χ0) is 18.2. The standard InChI is InChI=1S/C18H14ClNO4S/c19-15-4-2-1-3-14(15)16(21)11-25-13-7-5-12(6-8-13)20-17(22)9-10-18(23)24/h1-10H,11H2,(H,20,22)(H,23,24)/b10-9+. The van der Waals surface area contributed by atoms with Gasteiger partial charge in [0, 0.05) is 28.3 Å². The molecule has 1 amide bonds. The highest BCUT2D eigenvalue weighted by Crippen LogP contribution is 2.23. The molecule has 0 aliphatic rings. The number of carbonyl (C=O) groups is 3. The van der Waals surface area contributed by atoms with Crippen LogP contribution in [0.3, 0.4) is 0 Å². The Morgan fingerprint density at radius 3 is 2.36 bits per heavy atom. The van der Waals surface area contributed by atoms with Gasteiger partial charge in [-0.1, -0.05) is 23.7 Å². The average Bonchev–Trinajstić information content (AvgIpc) is 2.59. The second-order valence-corrected chi connectivity index (χ2v) is 6.33. The Hall–Kier alpha value is -2.57. The second-order valence-electron chi connectivity index (χ2n) is 4.88. The molecule has 0 bridgehead atoms. The lowest BCUT2D eigenvalue weighted by Gasteiger charge is -2.05. The van der Waals surface area contributed by atoms with Gasteiger partial charge in [0.25, 0.3) is 0 Å². The molecule has 0 saturated carbocycles. The van der Waals surface area contributed by atoms with Crippen LogP contribution in [0.2, 0.25) is 5.02 Å². The number of nitrogens with one attached hydrogen (secondary N) is 1. The number of carbonyl (C=O) groups excluding carboxylic acids is 2. The van der Waals surface area contributed by atoms with Gasteiger partial charge in [-0.3, -0.25) is 9.59 Å². The van der Waals surface area contributed by atoms with E-state index in [0.29, 0.717) is 16.3 Å². The summed E-state index contributed by atoms with van der Waals surface area (Å²) < 4.78 is 0. The van der Waals surface area contributed by atoms with Crippen LogP contribution in [0.1, 0.15) is 10.4 Å². The van der Waals surface area contributed by atoms with Crippen molar-refractivity contribution < 1.29 is 19.5 Å². The van der Waals surface area contributed by atoms with Crippen molar-refractivity contribution in [3.8, 4) is 0 Å². The fourth-order valence-electron chi connectivity index (χ4n) is 1.88. The van der Waals surface area contributed by atoms with E-state index in [1.807, 2.05) is 0 Å². The van der Waals surface area contributed by atoms with Crippen LogP contribution in [-0.2, 0) is 9.59 Å². The topological polar surface area (TPSA) is 83.5 Å². The number of hydrogen-bond donors (Lipinski definition) is 2. The summed E-state index contributed by atoms with van der Waals surface area (Å²) in [6, 6.07) is 13.8.